The third kappa shape index (κ3) is 3.44. The molecule has 1 saturated carbocycles. The molecule has 1 fully saturated rings. The first kappa shape index (κ1) is 12.9. The lowest BCUT2D eigenvalue weighted by molar-refractivity contribution is -0.0391. The highest BCUT2D eigenvalue weighted by molar-refractivity contribution is 6.31. The molecule has 1 N–H and O–H groups in total. The Balaban J connectivity index is 1.76. The van der Waals surface area contributed by atoms with Crippen LogP contribution in [-0.2, 0) is 11.3 Å². The Bertz CT molecular complexity index is 374. The minimum absolute atomic E-state index is 0.422. The van der Waals surface area contributed by atoms with Crippen molar-refractivity contribution in [2.45, 2.75) is 32.5 Å². The quantitative estimate of drug-likeness (QED) is 0.870. The van der Waals surface area contributed by atoms with Gasteiger partial charge in [0.05, 0.1) is 12.7 Å². The van der Waals surface area contributed by atoms with Gasteiger partial charge < -0.3 is 10.1 Å². The van der Waals surface area contributed by atoms with Crippen molar-refractivity contribution in [2.24, 2.45) is 5.92 Å². The van der Waals surface area contributed by atoms with E-state index in [4.69, 9.17) is 16.3 Å². The third-order valence-corrected chi connectivity index (χ3v) is 3.72. The summed E-state index contributed by atoms with van der Waals surface area (Å²) in [6.07, 6.45) is 2.76. The van der Waals surface area contributed by atoms with E-state index >= 15 is 0 Å². The Kier molecular flexibility index (Phi) is 4.43. The van der Waals surface area contributed by atoms with Crippen LogP contribution in [0, 0.1) is 12.8 Å². The number of benzene rings is 1. The van der Waals surface area contributed by atoms with E-state index in [2.05, 4.69) is 17.4 Å². The zero-order valence-corrected chi connectivity index (χ0v) is 11.3. The van der Waals surface area contributed by atoms with E-state index < -0.39 is 0 Å². The summed E-state index contributed by atoms with van der Waals surface area (Å²) in [6.45, 7) is 3.78. The van der Waals surface area contributed by atoms with Gasteiger partial charge in [-0.25, -0.2) is 0 Å². The third-order valence-electron chi connectivity index (χ3n) is 3.37. The van der Waals surface area contributed by atoms with E-state index in [1.807, 2.05) is 20.0 Å². The largest absolute Gasteiger partial charge is 0.373 e. The van der Waals surface area contributed by atoms with Crippen LogP contribution < -0.4 is 5.32 Å². The van der Waals surface area contributed by atoms with E-state index in [9.17, 15) is 0 Å². The molecule has 0 heterocycles. The van der Waals surface area contributed by atoms with Crippen LogP contribution in [0.15, 0.2) is 18.2 Å². The van der Waals surface area contributed by atoms with Gasteiger partial charge in [-0.1, -0.05) is 23.7 Å². The van der Waals surface area contributed by atoms with Gasteiger partial charge in [-0.2, -0.15) is 0 Å². The van der Waals surface area contributed by atoms with E-state index in [0.29, 0.717) is 12.7 Å². The normalized spacial score (nSPS) is 23.5. The van der Waals surface area contributed by atoms with Gasteiger partial charge >= 0.3 is 0 Å². The van der Waals surface area contributed by atoms with Crippen molar-refractivity contribution in [1.29, 1.82) is 0 Å². The highest BCUT2D eigenvalue weighted by atomic mass is 35.5. The van der Waals surface area contributed by atoms with Crippen LogP contribution in [0.2, 0.25) is 5.02 Å². The molecule has 17 heavy (non-hydrogen) atoms. The molecule has 1 aliphatic rings. The van der Waals surface area contributed by atoms with Crippen molar-refractivity contribution in [3.63, 3.8) is 0 Å². The number of hydrogen-bond donors (Lipinski definition) is 1. The van der Waals surface area contributed by atoms with Crippen LogP contribution in [0.25, 0.3) is 0 Å². The lowest BCUT2D eigenvalue weighted by atomic mass is 9.82. The van der Waals surface area contributed by atoms with Crippen molar-refractivity contribution < 1.29 is 4.74 Å². The zero-order valence-electron chi connectivity index (χ0n) is 10.5. The number of aryl methyl sites for hydroxylation is 1. The Hall–Kier alpha value is -0.570. The van der Waals surface area contributed by atoms with Crippen LogP contribution in [0.5, 0.6) is 0 Å². The first-order chi connectivity index (χ1) is 8.19. The minimum atomic E-state index is 0.422. The summed E-state index contributed by atoms with van der Waals surface area (Å²) in [4.78, 5) is 0. The number of halogens is 1. The van der Waals surface area contributed by atoms with Crippen molar-refractivity contribution in [3.8, 4) is 0 Å². The summed E-state index contributed by atoms with van der Waals surface area (Å²) in [5.74, 6) is 0.790. The van der Waals surface area contributed by atoms with Gasteiger partial charge in [0.15, 0.2) is 0 Å². The summed E-state index contributed by atoms with van der Waals surface area (Å²) >= 11 is 6.16. The summed E-state index contributed by atoms with van der Waals surface area (Å²) in [7, 11) is 2.00. The fourth-order valence-corrected chi connectivity index (χ4v) is 2.53. The molecule has 0 amide bonds. The van der Waals surface area contributed by atoms with Crippen LogP contribution in [0.3, 0.4) is 0 Å². The van der Waals surface area contributed by atoms with Gasteiger partial charge in [-0.05, 0) is 56.5 Å². The lowest BCUT2D eigenvalue weighted by Crippen LogP contribution is -2.36. The Labute approximate surface area is 108 Å². The van der Waals surface area contributed by atoms with Gasteiger partial charge in [-0.3, -0.25) is 0 Å². The Morgan fingerprint density at radius 3 is 2.82 bits per heavy atom. The van der Waals surface area contributed by atoms with Gasteiger partial charge in [0, 0.05) is 5.02 Å². The van der Waals surface area contributed by atoms with Crippen LogP contribution >= 0.6 is 11.6 Å². The molecule has 0 radical (unpaired) electrons. The smallest absolute Gasteiger partial charge is 0.0735 e. The molecule has 0 aromatic heterocycles. The van der Waals surface area contributed by atoms with E-state index in [1.54, 1.807) is 0 Å². The molecule has 94 valence electrons. The second-order valence-electron chi connectivity index (χ2n) is 4.92. The number of ether oxygens (including phenoxy) is 1. The highest BCUT2D eigenvalue weighted by Crippen LogP contribution is 2.30. The molecule has 1 aromatic rings. The van der Waals surface area contributed by atoms with Crippen LogP contribution in [0.1, 0.15) is 24.0 Å². The van der Waals surface area contributed by atoms with Crippen molar-refractivity contribution in [3.05, 3.63) is 34.3 Å². The molecule has 0 unspecified atom stereocenters. The molecule has 2 nitrogen and oxygen atoms in total. The molecule has 0 bridgehead atoms. The van der Waals surface area contributed by atoms with E-state index in [1.165, 1.54) is 18.4 Å². The summed E-state index contributed by atoms with van der Waals surface area (Å²) in [5, 5.41) is 4.02. The molecule has 0 aliphatic heterocycles. The Morgan fingerprint density at radius 1 is 1.41 bits per heavy atom. The molecular weight excluding hydrogens is 234 g/mol. The SMILES string of the molecule is CNCC1CC(OCc2ccc(C)cc2Cl)C1. The second-order valence-corrected chi connectivity index (χ2v) is 5.33. The minimum Gasteiger partial charge on any atom is -0.373 e. The van der Waals surface area contributed by atoms with Gasteiger partial charge in [0.25, 0.3) is 0 Å². The standard InChI is InChI=1S/C14H20ClNO/c1-10-3-4-12(14(15)5-10)9-17-13-6-11(7-13)8-16-2/h3-5,11,13,16H,6-9H2,1-2H3. The predicted octanol–water partition coefficient (Wildman–Crippen LogP) is 3.16. The topological polar surface area (TPSA) is 21.3 Å². The maximum Gasteiger partial charge on any atom is 0.0735 e. The molecule has 1 aliphatic carbocycles. The fraction of sp³-hybridized carbons (Fsp3) is 0.571. The monoisotopic (exact) mass is 253 g/mol. The molecule has 0 atom stereocenters. The molecular formula is C14H20ClNO. The maximum absolute atomic E-state index is 6.16. The molecule has 0 saturated heterocycles. The first-order valence-electron chi connectivity index (χ1n) is 6.20. The van der Waals surface area contributed by atoms with E-state index in [0.717, 1.165) is 23.0 Å². The lowest BCUT2D eigenvalue weighted by Gasteiger charge is -2.35. The summed E-state index contributed by atoms with van der Waals surface area (Å²) in [6, 6.07) is 6.13. The highest BCUT2D eigenvalue weighted by Gasteiger charge is 2.29. The predicted molar refractivity (Wildman–Crippen MR) is 71.4 cm³/mol. The zero-order chi connectivity index (χ0) is 12.3. The molecule has 2 rings (SSSR count). The number of nitrogens with one attached hydrogen (secondary N) is 1. The van der Waals surface area contributed by atoms with Gasteiger partial charge in [-0.15, -0.1) is 0 Å². The number of rotatable bonds is 5. The average molecular weight is 254 g/mol. The second kappa shape index (κ2) is 5.85. The molecule has 1 aromatic carbocycles. The van der Waals surface area contributed by atoms with Crippen molar-refractivity contribution >= 4 is 11.6 Å². The van der Waals surface area contributed by atoms with Crippen molar-refractivity contribution in [2.75, 3.05) is 13.6 Å². The number of hydrogen-bond acceptors (Lipinski definition) is 2. The van der Waals surface area contributed by atoms with Crippen molar-refractivity contribution in [1.82, 2.24) is 5.32 Å². The summed E-state index contributed by atoms with van der Waals surface area (Å²) in [5.41, 5.74) is 2.28. The van der Waals surface area contributed by atoms with E-state index in [-0.39, 0.29) is 0 Å². The first-order valence-corrected chi connectivity index (χ1v) is 6.58. The average Bonchev–Trinajstić information content (AvgIpc) is 2.23. The Morgan fingerprint density at radius 2 is 2.18 bits per heavy atom. The molecule has 3 heteroatoms. The maximum atomic E-state index is 6.16. The summed E-state index contributed by atoms with van der Waals surface area (Å²) < 4.78 is 5.85. The van der Waals surface area contributed by atoms with Gasteiger partial charge in [0.1, 0.15) is 0 Å². The fourth-order valence-electron chi connectivity index (χ4n) is 2.24. The van der Waals surface area contributed by atoms with Crippen LogP contribution in [0.4, 0.5) is 0 Å². The van der Waals surface area contributed by atoms with Crippen LogP contribution in [-0.4, -0.2) is 19.7 Å². The molecule has 0 spiro atoms. The van der Waals surface area contributed by atoms with Gasteiger partial charge in [0.2, 0.25) is 0 Å².